The summed E-state index contributed by atoms with van der Waals surface area (Å²) in [5, 5.41) is 8.74. The molecule has 1 unspecified atom stereocenters. The van der Waals surface area contributed by atoms with E-state index in [1.54, 1.807) is 0 Å². The fourth-order valence-electron chi connectivity index (χ4n) is 2.81. The zero-order valence-corrected chi connectivity index (χ0v) is 16.8. The van der Waals surface area contributed by atoms with Gasteiger partial charge in [0.1, 0.15) is 5.25 Å². The molecule has 0 spiro atoms. The van der Waals surface area contributed by atoms with Gasteiger partial charge in [-0.3, -0.25) is 4.79 Å². The number of nitrogens with two attached hydrogens (primary N) is 1. The monoisotopic (exact) mass is 380 g/mol. The van der Waals surface area contributed by atoms with E-state index in [1.807, 2.05) is 41.9 Å². The molecule has 6 heteroatoms. The maximum atomic E-state index is 12.0. The lowest BCUT2D eigenvalue weighted by molar-refractivity contribution is -0.117. The highest BCUT2D eigenvalue weighted by atomic mass is 32.2. The molecule has 5 nitrogen and oxygen atoms in total. The van der Waals surface area contributed by atoms with Gasteiger partial charge in [-0.05, 0) is 16.5 Å². The first-order chi connectivity index (χ1) is 12.8. The van der Waals surface area contributed by atoms with Crippen molar-refractivity contribution in [2.45, 2.75) is 36.6 Å². The first-order valence-corrected chi connectivity index (χ1v) is 9.66. The standard InChI is InChI=1S/C21H24N4OS/c1-21(2,3)16-12-10-15(11-13-16)19-23-24-20(25(19)4)27-17(18(22)26)14-8-6-5-7-9-14/h5-13,17H,1-4H3,(H2,22,26). The van der Waals surface area contributed by atoms with Crippen molar-refractivity contribution in [2.75, 3.05) is 0 Å². The summed E-state index contributed by atoms with van der Waals surface area (Å²) < 4.78 is 1.90. The number of thioether (sulfide) groups is 1. The number of hydrogen-bond donors (Lipinski definition) is 1. The molecule has 0 saturated carbocycles. The Labute approximate surface area is 164 Å². The van der Waals surface area contributed by atoms with E-state index in [9.17, 15) is 4.79 Å². The normalized spacial score (nSPS) is 12.7. The largest absolute Gasteiger partial charge is 0.368 e. The molecule has 0 bridgehead atoms. The van der Waals surface area contributed by atoms with Gasteiger partial charge >= 0.3 is 0 Å². The lowest BCUT2D eigenvalue weighted by Crippen LogP contribution is -2.19. The third-order valence-corrected chi connectivity index (χ3v) is 5.73. The van der Waals surface area contributed by atoms with Gasteiger partial charge in [0.2, 0.25) is 5.91 Å². The number of primary amides is 1. The van der Waals surface area contributed by atoms with Gasteiger partial charge < -0.3 is 10.3 Å². The second-order valence-electron chi connectivity index (χ2n) is 7.50. The van der Waals surface area contributed by atoms with Gasteiger partial charge in [-0.25, -0.2) is 0 Å². The SMILES string of the molecule is Cn1c(SC(C(N)=O)c2ccccc2)nnc1-c1ccc(C(C)(C)C)cc1. The Hall–Kier alpha value is -2.60. The summed E-state index contributed by atoms with van der Waals surface area (Å²) in [6.07, 6.45) is 0. The number of rotatable bonds is 5. The fourth-order valence-corrected chi connectivity index (χ4v) is 3.76. The van der Waals surface area contributed by atoms with Crippen LogP contribution in [0.5, 0.6) is 0 Å². The van der Waals surface area contributed by atoms with E-state index in [4.69, 9.17) is 5.73 Å². The molecular formula is C21H24N4OS. The van der Waals surface area contributed by atoms with E-state index in [-0.39, 0.29) is 5.41 Å². The lowest BCUT2D eigenvalue weighted by Gasteiger charge is -2.19. The minimum atomic E-state index is -0.509. The van der Waals surface area contributed by atoms with E-state index >= 15 is 0 Å². The van der Waals surface area contributed by atoms with Crippen LogP contribution in [0.3, 0.4) is 0 Å². The summed E-state index contributed by atoms with van der Waals surface area (Å²) in [5.74, 6) is 0.361. The van der Waals surface area contributed by atoms with Gasteiger partial charge in [0, 0.05) is 12.6 Å². The fraction of sp³-hybridized carbons (Fsp3) is 0.286. The van der Waals surface area contributed by atoms with Crippen LogP contribution in [-0.2, 0) is 17.3 Å². The highest BCUT2D eigenvalue weighted by Crippen LogP contribution is 2.35. The third kappa shape index (κ3) is 4.22. The molecular weight excluding hydrogens is 356 g/mol. The third-order valence-electron chi connectivity index (χ3n) is 4.43. The quantitative estimate of drug-likeness (QED) is 0.676. The van der Waals surface area contributed by atoms with Crippen LogP contribution >= 0.6 is 11.8 Å². The molecule has 3 rings (SSSR count). The molecule has 1 aromatic heterocycles. The predicted octanol–water partition coefficient (Wildman–Crippen LogP) is 4.10. The molecule has 3 aromatic rings. The molecule has 0 radical (unpaired) electrons. The Morgan fingerprint density at radius 1 is 1.04 bits per heavy atom. The number of carbonyl (C=O) groups is 1. The minimum absolute atomic E-state index is 0.101. The molecule has 0 fully saturated rings. The van der Waals surface area contributed by atoms with Crippen LogP contribution in [0.15, 0.2) is 59.8 Å². The van der Waals surface area contributed by atoms with Gasteiger partial charge in [0.25, 0.3) is 0 Å². The zero-order chi connectivity index (χ0) is 19.6. The summed E-state index contributed by atoms with van der Waals surface area (Å²) in [6, 6.07) is 17.8. The van der Waals surface area contributed by atoms with E-state index in [0.717, 1.165) is 17.0 Å². The second kappa shape index (κ2) is 7.56. The number of nitrogens with zero attached hydrogens (tertiary/aromatic N) is 3. The van der Waals surface area contributed by atoms with Crippen LogP contribution in [0.4, 0.5) is 0 Å². The van der Waals surface area contributed by atoms with Crippen LogP contribution in [0.2, 0.25) is 0 Å². The number of hydrogen-bond acceptors (Lipinski definition) is 4. The molecule has 0 aliphatic carbocycles. The van der Waals surface area contributed by atoms with Crippen molar-refractivity contribution in [1.82, 2.24) is 14.8 Å². The van der Waals surface area contributed by atoms with Crippen molar-refractivity contribution in [1.29, 1.82) is 0 Å². The van der Waals surface area contributed by atoms with Crippen LogP contribution in [-0.4, -0.2) is 20.7 Å². The molecule has 0 saturated heterocycles. The molecule has 1 atom stereocenters. The van der Waals surface area contributed by atoms with Gasteiger partial charge in [-0.2, -0.15) is 0 Å². The summed E-state index contributed by atoms with van der Waals surface area (Å²) in [4.78, 5) is 12.0. The van der Waals surface area contributed by atoms with E-state index in [1.165, 1.54) is 17.3 Å². The molecule has 0 aliphatic heterocycles. The summed E-state index contributed by atoms with van der Waals surface area (Å²) in [5.41, 5.74) is 8.83. The Morgan fingerprint density at radius 3 is 2.22 bits per heavy atom. The first-order valence-electron chi connectivity index (χ1n) is 8.78. The van der Waals surface area contributed by atoms with Crippen molar-refractivity contribution < 1.29 is 4.79 Å². The molecule has 2 N–H and O–H groups in total. The van der Waals surface area contributed by atoms with Crippen LogP contribution in [0.1, 0.15) is 37.1 Å². The Kier molecular flexibility index (Phi) is 5.37. The average molecular weight is 381 g/mol. The maximum Gasteiger partial charge on any atom is 0.235 e. The van der Waals surface area contributed by atoms with Crippen molar-refractivity contribution in [3.8, 4) is 11.4 Å². The predicted molar refractivity (Wildman–Crippen MR) is 109 cm³/mol. The molecule has 140 valence electrons. The second-order valence-corrected chi connectivity index (χ2v) is 8.58. The topological polar surface area (TPSA) is 73.8 Å². The van der Waals surface area contributed by atoms with Gasteiger partial charge in [-0.1, -0.05) is 87.1 Å². The van der Waals surface area contributed by atoms with Crippen LogP contribution in [0, 0.1) is 0 Å². The Bertz CT molecular complexity index is 927. The van der Waals surface area contributed by atoms with Crippen molar-refractivity contribution >= 4 is 17.7 Å². The zero-order valence-electron chi connectivity index (χ0n) is 16.0. The lowest BCUT2D eigenvalue weighted by atomic mass is 9.87. The summed E-state index contributed by atoms with van der Waals surface area (Å²) in [6.45, 7) is 6.56. The van der Waals surface area contributed by atoms with E-state index < -0.39 is 11.2 Å². The van der Waals surface area contributed by atoms with Crippen molar-refractivity contribution in [2.24, 2.45) is 12.8 Å². The minimum Gasteiger partial charge on any atom is -0.368 e. The smallest absolute Gasteiger partial charge is 0.235 e. The molecule has 27 heavy (non-hydrogen) atoms. The average Bonchev–Trinajstić information content (AvgIpc) is 3.00. The summed E-state index contributed by atoms with van der Waals surface area (Å²) >= 11 is 1.31. The van der Waals surface area contributed by atoms with Crippen molar-refractivity contribution in [3.05, 3.63) is 65.7 Å². The van der Waals surface area contributed by atoms with E-state index in [0.29, 0.717) is 5.16 Å². The molecule has 1 amide bonds. The molecule has 1 heterocycles. The number of aromatic nitrogens is 3. The van der Waals surface area contributed by atoms with Crippen molar-refractivity contribution in [3.63, 3.8) is 0 Å². The number of carbonyl (C=O) groups excluding carboxylic acids is 1. The van der Waals surface area contributed by atoms with Gasteiger partial charge in [0.05, 0.1) is 0 Å². The first kappa shape index (κ1) is 19.2. The summed E-state index contributed by atoms with van der Waals surface area (Å²) in [7, 11) is 1.90. The van der Waals surface area contributed by atoms with Crippen LogP contribution < -0.4 is 5.73 Å². The van der Waals surface area contributed by atoms with Crippen LogP contribution in [0.25, 0.3) is 11.4 Å². The number of amides is 1. The van der Waals surface area contributed by atoms with Gasteiger partial charge in [-0.15, -0.1) is 10.2 Å². The Balaban J connectivity index is 1.88. The highest BCUT2D eigenvalue weighted by molar-refractivity contribution is 8.00. The van der Waals surface area contributed by atoms with Gasteiger partial charge in [0.15, 0.2) is 11.0 Å². The molecule has 2 aromatic carbocycles. The van der Waals surface area contributed by atoms with E-state index in [2.05, 4.69) is 55.2 Å². The molecule has 0 aliphatic rings. The number of benzene rings is 2. The highest BCUT2D eigenvalue weighted by Gasteiger charge is 2.23. The maximum absolute atomic E-state index is 12.0. The Morgan fingerprint density at radius 2 is 1.67 bits per heavy atom.